The molecule has 0 amide bonds. The molecule has 0 aromatic carbocycles. The van der Waals surface area contributed by atoms with E-state index < -0.39 is 0 Å². The molecule has 0 nitrogen and oxygen atoms in total. The Morgan fingerprint density at radius 3 is 2.00 bits per heavy atom. The van der Waals surface area contributed by atoms with Crippen LogP contribution in [0.3, 0.4) is 0 Å². The first-order chi connectivity index (χ1) is 5.87. The monoisotopic (exact) mass is 200 g/mol. The summed E-state index contributed by atoms with van der Waals surface area (Å²) in [5.74, 6) is 0.940. The second-order valence-electron chi connectivity index (χ2n) is 5.75. The van der Waals surface area contributed by atoms with Gasteiger partial charge in [-0.2, -0.15) is 11.8 Å². The SMILES string of the molecule is CSC(C)(C)C1CCC(C)(C)CC1. The summed E-state index contributed by atoms with van der Waals surface area (Å²) in [4.78, 5) is 0. The van der Waals surface area contributed by atoms with Crippen molar-refractivity contribution in [2.45, 2.75) is 58.1 Å². The van der Waals surface area contributed by atoms with Crippen molar-refractivity contribution in [2.75, 3.05) is 6.26 Å². The van der Waals surface area contributed by atoms with E-state index >= 15 is 0 Å². The zero-order valence-corrected chi connectivity index (χ0v) is 10.6. The van der Waals surface area contributed by atoms with E-state index in [9.17, 15) is 0 Å². The summed E-state index contributed by atoms with van der Waals surface area (Å²) in [6, 6.07) is 0. The van der Waals surface area contributed by atoms with Crippen LogP contribution in [-0.4, -0.2) is 11.0 Å². The van der Waals surface area contributed by atoms with Gasteiger partial charge in [-0.3, -0.25) is 0 Å². The predicted octanol–water partition coefficient (Wildman–Crippen LogP) is 4.34. The highest BCUT2D eigenvalue weighted by Crippen LogP contribution is 2.45. The zero-order valence-electron chi connectivity index (χ0n) is 9.81. The third-order valence-corrected chi connectivity index (χ3v) is 5.23. The Kier molecular flexibility index (Phi) is 3.38. The molecule has 13 heavy (non-hydrogen) atoms. The summed E-state index contributed by atoms with van der Waals surface area (Å²) < 4.78 is 0.497. The van der Waals surface area contributed by atoms with Crippen LogP contribution in [0.1, 0.15) is 53.4 Å². The molecule has 0 bridgehead atoms. The Balaban J connectivity index is 2.50. The average molecular weight is 200 g/mol. The number of rotatable bonds is 2. The molecule has 0 saturated heterocycles. The first kappa shape index (κ1) is 11.4. The fourth-order valence-electron chi connectivity index (χ4n) is 2.26. The first-order valence-corrected chi connectivity index (χ1v) is 6.65. The van der Waals surface area contributed by atoms with Gasteiger partial charge in [-0.15, -0.1) is 0 Å². The van der Waals surface area contributed by atoms with Gasteiger partial charge in [0.2, 0.25) is 0 Å². The lowest BCUT2D eigenvalue weighted by molar-refractivity contribution is 0.172. The molecule has 1 fully saturated rings. The van der Waals surface area contributed by atoms with Crippen LogP contribution in [0.25, 0.3) is 0 Å². The molecule has 0 aliphatic heterocycles. The molecule has 1 aliphatic rings. The third-order valence-electron chi connectivity index (χ3n) is 3.85. The third kappa shape index (κ3) is 2.90. The van der Waals surface area contributed by atoms with Crippen LogP contribution in [-0.2, 0) is 0 Å². The van der Waals surface area contributed by atoms with Crippen molar-refractivity contribution < 1.29 is 0 Å². The smallest absolute Gasteiger partial charge is 0.0129 e. The normalized spacial score (nSPS) is 24.7. The summed E-state index contributed by atoms with van der Waals surface area (Å²) in [5, 5.41) is 0. The molecular formula is C12H24S. The van der Waals surface area contributed by atoms with Gasteiger partial charge in [-0.1, -0.05) is 27.7 Å². The van der Waals surface area contributed by atoms with Gasteiger partial charge in [0.1, 0.15) is 0 Å². The summed E-state index contributed by atoms with van der Waals surface area (Å²) >= 11 is 2.03. The topological polar surface area (TPSA) is 0 Å². The van der Waals surface area contributed by atoms with Crippen LogP contribution in [0.2, 0.25) is 0 Å². The highest BCUT2D eigenvalue weighted by atomic mass is 32.2. The molecule has 0 aromatic heterocycles. The van der Waals surface area contributed by atoms with Gasteiger partial charge < -0.3 is 0 Å². The Hall–Kier alpha value is 0.350. The Morgan fingerprint density at radius 2 is 1.62 bits per heavy atom. The lowest BCUT2D eigenvalue weighted by Crippen LogP contribution is -2.33. The Labute approximate surface area is 87.9 Å². The molecular weight excluding hydrogens is 176 g/mol. The van der Waals surface area contributed by atoms with Gasteiger partial charge in [0, 0.05) is 4.75 Å². The van der Waals surface area contributed by atoms with E-state index in [1.807, 2.05) is 11.8 Å². The molecule has 0 N–H and O–H groups in total. The van der Waals surface area contributed by atoms with Crippen molar-refractivity contribution in [3.05, 3.63) is 0 Å². The molecule has 0 unspecified atom stereocenters. The van der Waals surface area contributed by atoms with E-state index in [0.717, 1.165) is 5.92 Å². The van der Waals surface area contributed by atoms with E-state index in [1.54, 1.807) is 0 Å². The van der Waals surface area contributed by atoms with Gasteiger partial charge in [-0.25, -0.2) is 0 Å². The van der Waals surface area contributed by atoms with Crippen LogP contribution >= 0.6 is 11.8 Å². The van der Waals surface area contributed by atoms with Gasteiger partial charge in [0.15, 0.2) is 0 Å². The van der Waals surface area contributed by atoms with E-state index in [2.05, 4.69) is 34.0 Å². The highest BCUT2D eigenvalue weighted by molar-refractivity contribution is 7.99. The Bertz CT molecular complexity index is 160. The summed E-state index contributed by atoms with van der Waals surface area (Å²) in [6.45, 7) is 9.63. The van der Waals surface area contributed by atoms with E-state index in [1.165, 1.54) is 25.7 Å². The van der Waals surface area contributed by atoms with E-state index in [-0.39, 0.29) is 0 Å². The van der Waals surface area contributed by atoms with Crippen LogP contribution in [0.5, 0.6) is 0 Å². The van der Waals surface area contributed by atoms with Crippen LogP contribution in [0.15, 0.2) is 0 Å². The summed E-state index contributed by atoms with van der Waals surface area (Å²) in [7, 11) is 0. The van der Waals surface area contributed by atoms with Crippen molar-refractivity contribution in [2.24, 2.45) is 11.3 Å². The second kappa shape index (κ2) is 3.84. The largest absolute Gasteiger partial charge is 0.159 e. The molecule has 1 saturated carbocycles. The van der Waals surface area contributed by atoms with Crippen molar-refractivity contribution in [1.82, 2.24) is 0 Å². The molecule has 0 atom stereocenters. The minimum Gasteiger partial charge on any atom is -0.159 e. The zero-order chi connectivity index (χ0) is 10.1. The fraction of sp³-hybridized carbons (Fsp3) is 1.00. The highest BCUT2D eigenvalue weighted by Gasteiger charge is 2.34. The molecule has 1 heteroatoms. The van der Waals surface area contributed by atoms with Gasteiger partial charge in [-0.05, 0) is 43.3 Å². The van der Waals surface area contributed by atoms with Crippen molar-refractivity contribution in [1.29, 1.82) is 0 Å². The van der Waals surface area contributed by atoms with Gasteiger partial charge in [0.05, 0.1) is 0 Å². The molecule has 78 valence electrons. The number of hydrogen-bond acceptors (Lipinski definition) is 1. The maximum absolute atomic E-state index is 2.41. The quantitative estimate of drug-likeness (QED) is 0.639. The van der Waals surface area contributed by atoms with Crippen LogP contribution in [0.4, 0.5) is 0 Å². The van der Waals surface area contributed by atoms with E-state index in [0.29, 0.717) is 10.2 Å². The predicted molar refractivity (Wildman–Crippen MR) is 63.3 cm³/mol. The van der Waals surface area contributed by atoms with Crippen molar-refractivity contribution >= 4 is 11.8 Å². The molecule has 0 aromatic rings. The molecule has 1 rings (SSSR count). The molecule has 0 radical (unpaired) electrons. The first-order valence-electron chi connectivity index (χ1n) is 5.42. The van der Waals surface area contributed by atoms with Crippen LogP contribution < -0.4 is 0 Å². The summed E-state index contributed by atoms with van der Waals surface area (Å²) in [6.07, 6.45) is 7.95. The average Bonchev–Trinajstić information content (AvgIpc) is 2.04. The molecule has 0 spiro atoms. The van der Waals surface area contributed by atoms with Crippen molar-refractivity contribution in [3.8, 4) is 0 Å². The number of thioether (sulfide) groups is 1. The van der Waals surface area contributed by atoms with E-state index in [4.69, 9.17) is 0 Å². The Morgan fingerprint density at radius 1 is 1.15 bits per heavy atom. The van der Waals surface area contributed by atoms with Gasteiger partial charge >= 0.3 is 0 Å². The number of hydrogen-bond donors (Lipinski definition) is 0. The standard InChI is InChI=1S/C12H24S/c1-11(2)8-6-10(7-9-11)12(3,4)13-5/h10H,6-9H2,1-5H3. The fourth-order valence-corrected chi connectivity index (χ4v) is 2.83. The van der Waals surface area contributed by atoms with Crippen molar-refractivity contribution in [3.63, 3.8) is 0 Å². The minimum absolute atomic E-state index is 0.497. The maximum Gasteiger partial charge on any atom is 0.0129 e. The maximum atomic E-state index is 2.41. The van der Waals surface area contributed by atoms with Gasteiger partial charge in [0.25, 0.3) is 0 Å². The lowest BCUT2D eigenvalue weighted by atomic mass is 9.70. The molecule has 1 aliphatic carbocycles. The lowest BCUT2D eigenvalue weighted by Gasteiger charge is -2.41. The second-order valence-corrected chi connectivity index (χ2v) is 7.21. The summed E-state index contributed by atoms with van der Waals surface area (Å²) in [5.41, 5.74) is 0.616. The minimum atomic E-state index is 0.497. The van der Waals surface area contributed by atoms with Crippen LogP contribution in [0, 0.1) is 11.3 Å². The molecule has 0 heterocycles.